The van der Waals surface area contributed by atoms with Crippen molar-refractivity contribution >= 4 is 22.1 Å². The first-order valence-electron chi connectivity index (χ1n) is 3.58. The minimum absolute atomic E-state index is 0. The van der Waals surface area contributed by atoms with E-state index in [9.17, 15) is 22.6 Å². The average molecular weight is 214 g/mol. The Morgan fingerprint density at radius 3 is 2.36 bits per heavy atom. The van der Waals surface area contributed by atoms with Crippen LogP contribution >= 0.6 is 0 Å². The number of rotatable bonds is 1. The Morgan fingerprint density at radius 1 is 1.29 bits per heavy atom. The molecular weight excluding hydrogens is 207 g/mol. The zero-order valence-electron chi connectivity index (χ0n) is 7.56. The van der Waals surface area contributed by atoms with Gasteiger partial charge < -0.3 is 9.29 Å². The third-order valence-electron chi connectivity index (χ3n) is 1.70. The van der Waals surface area contributed by atoms with Crippen LogP contribution in [0.15, 0.2) is 0 Å². The van der Waals surface area contributed by atoms with Crippen LogP contribution < -0.4 is 18.9 Å². The second-order valence-electron chi connectivity index (χ2n) is 2.70. The molecule has 0 aromatic carbocycles. The predicted molar refractivity (Wildman–Crippen MR) is 38.4 cm³/mol. The second-order valence-corrected chi connectivity index (χ2v) is 4.36. The molecule has 1 rings (SSSR count). The molecule has 1 saturated heterocycles. The summed E-state index contributed by atoms with van der Waals surface area (Å²) in [4.78, 5) is 21.3. The molecule has 0 aliphatic carbocycles. The number of carbonyl (C=O) groups is 2. The topological polar surface area (TPSA) is 101 Å². The molecule has 0 amide bonds. The molecule has 0 spiro atoms. The van der Waals surface area contributed by atoms with E-state index in [0.717, 1.165) is 0 Å². The van der Waals surface area contributed by atoms with Crippen LogP contribution in [-0.2, 0) is 24.4 Å². The maximum Gasteiger partial charge on any atom is 1.00 e. The molecule has 6 nitrogen and oxygen atoms in total. The molecule has 1 heterocycles. The number of carbonyl (C=O) groups excluding carboxylic acids is 2. The van der Waals surface area contributed by atoms with Gasteiger partial charge in [0.1, 0.15) is 0 Å². The zero-order chi connectivity index (χ0) is 10.1. The van der Waals surface area contributed by atoms with Crippen molar-refractivity contribution in [2.24, 2.45) is 0 Å². The normalized spacial score (nSPS) is 23.4. The fraction of sp³-hybridized carbons (Fsp3) is 0.667. The van der Waals surface area contributed by atoms with Gasteiger partial charge in [0.2, 0.25) is 0 Å². The van der Waals surface area contributed by atoms with E-state index >= 15 is 0 Å². The summed E-state index contributed by atoms with van der Waals surface area (Å²) in [7, 11) is -4.51. The van der Waals surface area contributed by atoms with Gasteiger partial charge in [-0.25, -0.2) is 8.42 Å². The number of hydrogen-bond donors (Lipinski definition) is 0. The molecule has 1 aliphatic rings. The van der Waals surface area contributed by atoms with Gasteiger partial charge in [0.25, 0.3) is 0 Å². The molecule has 74 valence electrons. The molecule has 8 heteroatoms. The molecule has 0 aromatic heterocycles. The molecule has 1 atom stereocenters. The first-order chi connectivity index (χ1) is 5.89. The Kier molecular flexibility index (Phi) is 4.81. The molecule has 0 saturated carbocycles. The molecule has 0 aromatic rings. The SMILES string of the molecule is O=C1CCC(S(=O)(=O)[O-])CC(=O)O1.[Li+]. The Balaban J connectivity index is 0.00000169. The third-order valence-corrected chi connectivity index (χ3v) is 2.92. The van der Waals surface area contributed by atoms with Gasteiger partial charge in [0.05, 0.1) is 21.8 Å². The average Bonchev–Trinajstić information content (AvgIpc) is 2.09. The van der Waals surface area contributed by atoms with Crippen molar-refractivity contribution in [1.82, 2.24) is 0 Å². The van der Waals surface area contributed by atoms with Crippen molar-refractivity contribution in [1.29, 1.82) is 0 Å². The Labute approximate surface area is 92.9 Å². The van der Waals surface area contributed by atoms with Gasteiger partial charge >= 0.3 is 30.8 Å². The Hall–Kier alpha value is -0.353. The zero-order valence-corrected chi connectivity index (χ0v) is 8.37. The summed E-state index contributed by atoms with van der Waals surface area (Å²) < 4.78 is 35.7. The van der Waals surface area contributed by atoms with E-state index in [-0.39, 0.29) is 31.7 Å². The van der Waals surface area contributed by atoms with Crippen molar-refractivity contribution < 1.29 is 46.2 Å². The molecule has 0 radical (unpaired) electrons. The fourth-order valence-corrected chi connectivity index (χ4v) is 1.78. The van der Waals surface area contributed by atoms with E-state index in [1.807, 2.05) is 0 Å². The van der Waals surface area contributed by atoms with Gasteiger partial charge in [-0.3, -0.25) is 9.59 Å². The summed E-state index contributed by atoms with van der Waals surface area (Å²) in [6.07, 6.45) is -0.883. The van der Waals surface area contributed by atoms with Crippen LogP contribution in [0.1, 0.15) is 19.3 Å². The third kappa shape index (κ3) is 3.80. The first-order valence-corrected chi connectivity index (χ1v) is 5.05. The summed E-state index contributed by atoms with van der Waals surface area (Å²) in [5.41, 5.74) is 0. The van der Waals surface area contributed by atoms with Crippen molar-refractivity contribution in [2.45, 2.75) is 24.5 Å². The maximum atomic E-state index is 10.7. The van der Waals surface area contributed by atoms with Crippen molar-refractivity contribution in [3.63, 3.8) is 0 Å². The minimum atomic E-state index is -4.51. The summed E-state index contributed by atoms with van der Waals surface area (Å²) in [6.45, 7) is 0. The van der Waals surface area contributed by atoms with Crippen LogP contribution in [0.25, 0.3) is 0 Å². The molecule has 1 unspecified atom stereocenters. The van der Waals surface area contributed by atoms with E-state index in [4.69, 9.17) is 0 Å². The van der Waals surface area contributed by atoms with Gasteiger partial charge in [-0.15, -0.1) is 0 Å². The Bertz CT molecular complexity index is 334. The van der Waals surface area contributed by atoms with Crippen LogP contribution in [0.4, 0.5) is 0 Å². The molecule has 1 fully saturated rings. The summed E-state index contributed by atoms with van der Waals surface area (Å²) in [5, 5.41) is -1.33. The van der Waals surface area contributed by atoms with Crippen LogP contribution in [0, 0.1) is 0 Å². The number of cyclic esters (lactones) is 2. The van der Waals surface area contributed by atoms with Crippen LogP contribution in [-0.4, -0.2) is 30.2 Å². The largest absolute Gasteiger partial charge is 1.00 e. The Morgan fingerprint density at radius 2 is 1.86 bits per heavy atom. The van der Waals surface area contributed by atoms with E-state index < -0.39 is 33.7 Å². The number of ether oxygens (including phenoxy) is 1. The van der Waals surface area contributed by atoms with E-state index in [1.54, 1.807) is 0 Å². The molecular formula is C6H7LiO6S. The quantitative estimate of drug-likeness (QED) is 0.192. The number of esters is 2. The number of hydrogen-bond acceptors (Lipinski definition) is 6. The molecule has 0 N–H and O–H groups in total. The second kappa shape index (κ2) is 4.93. The molecule has 0 bridgehead atoms. The van der Waals surface area contributed by atoms with Gasteiger partial charge in [0.15, 0.2) is 0 Å². The fourth-order valence-electron chi connectivity index (χ4n) is 1.03. The van der Waals surface area contributed by atoms with E-state index in [2.05, 4.69) is 4.74 Å². The summed E-state index contributed by atoms with van der Waals surface area (Å²) in [5.74, 6) is -1.73. The molecule has 1 aliphatic heterocycles. The maximum absolute atomic E-state index is 10.7. The standard InChI is InChI=1S/C6H8O6S.Li/c7-5-2-1-4(13(9,10)11)3-6(8)12-5;/h4H,1-3H2,(H,9,10,11);/q;+1/p-1. The molecule has 14 heavy (non-hydrogen) atoms. The smallest absolute Gasteiger partial charge is 0.748 e. The van der Waals surface area contributed by atoms with Gasteiger partial charge in [-0.1, -0.05) is 0 Å². The van der Waals surface area contributed by atoms with Crippen molar-refractivity contribution in [3.05, 3.63) is 0 Å². The van der Waals surface area contributed by atoms with E-state index in [0.29, 0.717) is 0 Å². The first kappa shape index (κ1) is 13.6. The van der Waals surface area contributed by atoms with E-state index in [1.165, 1.54) is 0 Å². The summed E-state index contributed by atoms with van der Waals surface area (Å²) in [6, 6.07) is 0. The van der Waals surface area contributed by atoms with Crippen molar-refractivity contribution in [3.8, 4) is 0 Å². The van der Waals surface area contributed by atoms with Crippen molar-refractivity contribution in [2.75, 3.05) is 0 Å². The summed E-state index contributed by atoms with van der Waals surface area (Å²) >= 11 is 0. The monoisotopic (exact) mass is 214 g/mol. The van der Waals surface area contributed by atoms with Crippen LogP contribution in [0.3, 0.4) is 0 Å². The van der Waals surface area contributed by atoms with Gasteiger partial charge in [0, 0.05) is 6.42 Å². The minimum Gasteiger partial charge on any atom is -0.748 e. The van der Waals surface area contributed by atoms with Crippen LogP contribution in [0.5, 0.6) is 0 Å². The van der Waals surface area contributed by atoms with Crippen LogP contribution in [0.2, 0.25) is 0 Å². The van der Waals surface area contributed by atoms with Gasteiger partial charge in [-0.2, -0.15) is 0 Å². The van der Waals surface area contributed by atoms with Gasteiger partial charge in [-0.05, 0) is 6.42 Å². The predicted octanol–water partition coefficient (Wildman–Crippen LogP) is -3.84.